The molecule has 0 radical (unpaired) electrons. The lowest BCUT2D eigenvalue weighted by Crippen LogP contribution is -2.37. The first-order chi connectivity index (χ1) is 16.1. The Morgan fingerprint density at radius 1 is 1.03 bits per heavy atom. The molecule has 0 bridgehead atoms. The lowest BCUT2D eigenvalue weighted by Gasteiger charge is -2.28. The molecule has 0 unspecified atom stereocenters. The van der Waals surface area contributed by atoms with Gasteiger partial charge in [0, 0.05) is 42.0 Å². The lowest BCUT2D eigenvalue weighted by atomic mass is 10.1. The second-order valence-electron chi connectivity index (χ2n) is 7.68. The summed E-state index contributed by atoms with van der Waals surface area (Å²) in [5, 5.41) is 4.39. The molecule has 4 aromatic rings. The van der Waals surface area contributed by atoms with E-state index in [2.05, 4.69) is 25.2 Å². The fourth-order valence-corrected chi connectivity index (χ4v) is 3.71. The third kappa shape index (κ3) is 4.33. The predicted octanol–water partition coefficient (Wildman–Crippen LogP) is 2.96. The zero-order valence-electron chi connectivity index (χ0n) is 18.4. The van der Waals surface area contributed by atoms with Gasteiger partial charge in [0.1, 0.15) is 11.6 Å². The molecule has 4 heterocycles. The number of morpholine rings is 1. The average molecular weight is 444 g/mol. The van der Waals surface area contributed by atoms with Crippen LogP contribution in [0.2, 0.25) is 0 Å². The molecule has 10 heteroatoms. The van der Waals surface area contributed by atoms with Gasteiger partial charge in [-0.2, -0.15) is 4.98 Å². The van der Waals surface area contributed by atoms with Crippen LogP contribution >= 0.6 is 0 Å². The summed E-state index contributed by atoms with van der Waals surface area (Å²) >= 11 is 0. The smallest absolute Gasteiger partial charge is 0.228 e. The maximum atomic E-state index is 5.68. The molecule has 0 amide bonds. The highest BCUT2D eigenvalue weighted by Gasteiger charge is 2.19. The quantitative estimate of drug-likeness (QED) is 0.475. The van der Waals surface area contributed by atoms with Crippen LogP contribution in [-0.4, -0.2) is 58.3 Å². The zero-order valence-corrected chi connectivity index (χ0v) is 18.4. The summed E-state index contributed by atoms with van der Waals surface area (Å²) in [7, 11) is 1.65. The molecule has 1 saturated heterocycles. The van der Waals surface area contributed by atoms with E-state index in [0.29, 0.717) is 25.0 Å². The molecule has 5 rings (SSSR count). The molecule has 3 aromatic heterocycles. The maximum Gasteiger partial charge on any atom is 0.228 e. The highest BCUT2D eigenvalue weighted by atomic mass is 16.5. The first-order valence-electron chi connectivity index (χ1n) is 10.6. The van der Waals surface area contributed by atoms with Crippen LogP contribution in [0.1, 0.15) is 5.56 Å². The fourth-order valence-electron chi connectivity index (χ4n) is 3.71. The third-order valence-electron chi connectivity index (χ3n) is 5.52. The Morgan fingerprint density at radius 2 is 1.82 bits per heavy atom. The number of hydrogen-bond donors (Lipinski definition) is 2. The molecule has 1 aliphatic rings. The van der Waals surface area contributed by atoms with Crippen molar-refractivity contribution in [2.24, 2.45) is 0 Å². The number of nitrogen functional groups attached to an aromatic ring is 1. The Balaban J connectivity index is 1.57. The van der Waals surface area contributed by atoms with Crippen molar-refractivity contribution in [2.75, 3.05) is 49.4 Å². The number of anilines is 4. The maximum absolute atomic E-state index is 5.68. The Kier molecular flexibility index (Phi) is 5.57. The van der Waals surface area contributed by atoms with Gasteiger partial charge in [0.25, 0.3) is 0 Å². The number of benzene rings is 1. The summed E-state index contributed by atoms with van der Waals surface area (Å²) in [5.74, 6) is 2.30. The summed E-state index contributed by atoms with van der Waals surface area (Å²) in [4.78, 5) is 24.6. The molecule has 33 heavy (non-hydrogen) atoms. The van der Waals surface area contributed by atoms with Crippen LogP contribution in [0.3, 0.4) is 0 Å². The van der Waals surface area contributed by atoms with Gasteiger partial charge in [-0.3, -0.25) is 4.98 Å². The van der Waals surface area contributed by atoms with Crippen LogP contribution < -0.4 is 20.7 Å². The number of methoxy groups -OCH3 is 1. The number of aromatic nitrogens is 5. The number of hydrogen-bond acceptors (Lipinski definition) is 10. The van der Waals surface area contributed by atoms with Gasteiger partial charge in [-0.15, -0.1) is 0 Å². The van der Waals surface area contributed by atoms with Crippen molar-refractivity contribution >= 4 is 34.3 Å². The zero-order chi connectivity index (χ0) is 22.8. The first kappa shape index (κ1) is 20.8. The summed E-state index contributed by atoms with van der Waals surface area (Å²) in [6.07, 6.45) is 5.14. The van der Waals surface area contributed by atoms with Crippen molar-refractivity contribution in [2.45, 2.75) is 6.92 Å². The van der Waals surface area contributed by atoms with Crippen molar-refractivity contribution in [3.63, 3.8) is 0 Å². The van der Waals surface area contributed by atoms with Crippen LogP contribution in [0, 0.1) is 6.92 Å². The minimum Gasteiger partial charge on any atom is -0.497 e. The van der Waals surface area contributed by atoms with Gasteiger partial charge in [-0.05, 0) is 31.2 Å². The van der Waals surface area contributed by atoms with E-state index in [-0.39, 0.29) is 5.95 Å². The molecule has 1 aliphatic heterocycles. The first-order valence-corrected chi connectivity index (χ1v) is 10.6. The van der Waals surface area contributed by atoms with Gasteiger partial charge >= 0.3 is 0 Å². The van der Waals surface area contributed by atoms with Gasteiger partial charge in [0.15, 0.2) is 0 Å². The van der Waals surface area contributed by atoms with E-state index >= 15 is 0 Å². The predicted molar refractivity (Wildman–Crippen MR) is 127 cm³/mol. The van der Waals surface area contributed by atoms with Gasteiger partial charge in [-0.1, -0.05) is 0 Å². The number of nitrogens with two attached hydrogens (primary N) is 1. The fraction of sp³-hybridized carbons (Fsp3) is 0.261. The molecule has 0 spiro atoms. The van der Waals surface area contributed by atoms with Crippen LogP contribution in [0.4, 0.5) is 23.4 Å². The summed E-state index contributed by atoms with van der Waals surface area (Å²) < 4.78 is 10.8. The van der Waals surface area contributed by atoms with Crippen molar-refractivity contribution in [1.82, 2.24) is 24.9 Å². The van der Waals surface area contributed by atoms with E-state index in [0.717, 1.165) is 52.3 Å². The molecular formula is C23H24N8O2. The van der Waals surface area contributed by atoms with Crippen molar-refractivity contribution in [3.8, 4) is 17.0 Å². The number of nitrogens with zero attached hydrogens (tertiary/aromatic N) is 6. The summed E-state index contributed by atoms with van der Waals surface area (Å²) in [5.41, 5.74) is 9.75. The Hall–Kier alpha value is -4.05. The monoisotopic (exact) mass is 444 g/mol. The lowest BCUT2D eigenvalue weighted by molar-refractivity contribution is 0.122. The average Bonchev–Trinajstić information content (AvgIpc) is 2.86. The second-order valence-corrected chi connectivity index (χ2v) is 7.68. The van der Waals surface area contributed by atoms with Crippen LogP contribution in [0.5, 0.6) is 5.75 Å². The van der Waals surface area contributed by atoms with Crippen LogP contribution in [0.25, 0.3) is 22.2 Å². The molecule has 1 fully saturated rings. The number of pyridine rings is 1. The normalized spacial score (nSPS) is 13.8. The Bertz CT molecular complexity index is 1290. The number of fused-ring (bicyclic) bond motifs is 1. The van der Waals surface area contributed by atoms with Gasteiger partial charge in [-0.25, -0.2) is 15.0 Å². The van der Waals surface area contributed by atoms with Gasteiger partial charge in [0.05, 0.1) is 43.4 Å². The van der Waals surface area contributed by atoms with E-state index in [1.54, 1.807) is 25.7 Å². The molecule has 168 valence electrons. The topological polar surface area (TPSA) is 124 Å². The van der Waals surface area contributed by atoms with E-state index in [4.69, 9.17) is 25.2 Å². The minimum atomic E-state index is 0.217. The minimum absolute atomic E-state index is 0.217. The van der Waals surface area contributed by atoms with E-state index in [1.807, 2.05) is 31.2 Å². The number of ether oxygens (including phenoxy) is 2. The van der Waals surface area contributed by atoms with Crippen LogP contribution in [0.15, 0.2) is 42.9 Å². The SMILES string of the molecule is COc1ccc2ncc(Nc3nc(N4CCOCC4)nc(-c4cnc(N)nc4)c3C)cc2c1. The van der Waals surface area contributed by atoms with Gasteiger partial charge in [0.2, 0.25) is 11.9 Å². The molecule has 10 nitrogen and oxygen atoms in total. The number of nitrogens with one attached hydrogen (secondary N) is 1. The van der Waals surface area contributed by atoms with E-state index < -0.39 is 0 Å². The third-order valence-corrected chi connectivity index (χ3v) is 5.52. The highest BCUT2D eigenvalue weighted by molar-refractivity contribution is 5.84. The van der Waals surface area contributed by atoms with Crippen molar-refractivity contribution in [1.29, 1.82) is 0 Å². The van der Waals surface area contributed by atoms with Crippen molar-refractivity contribution < 1.29 is 9.47 Å². The molecule has 0 atom stereocenters. The molecule has 0 saturated carbocycles. The molecule has 1 aromatic carbocycles. The largest absolute Gasteiger partial charge is 0.497 e. The van der Waals surface area contributed by atoms with Crippen molar-refractivity contribution in [3.05, 3.63) is 48.4 Å². The summed E-state index contributed by atoms with van der Waals surface area (Å²) in [6, 6.07) is 7.81. The van der Waals surface area contributed by atoms with Gasteiger partial charge < -0.3 is 25.4 Å². The highest BCUT2D eigenvalue weighted by Crippen LogP contribution is 2.31. The Labute approximate surface area is 190 Å². The number of rotatable bonds is 5. The molecule has 0 aliphatic carbocycles. The molecular weight excluding hydrogens is 420 g/mol. The Morgan fingerprint density at radius 3 is 2.58 bits per heavy atom. The second kappa shape index (κ2) is 8.83. The van der Waals surface area contributed by atoms with E-state index in [1.165, 1.54) is 0 Å². The molecule has 3 N–H and O–H groups in total. The van der Waals surface area contributed by atoms with Crippen LogP contribution in [-0.2, 0) is 4.74 Å². The standard InChI is InChI=1S/C23H24N8O2/c1-14-20(16-11-26-22(24)27-12-16)29-23(31-5-7-33-8-6-31)30-21(14)28-17-9-15-10-18(32-2)3-4-19(15)25-13-17/h3-4,9-13H,5-8H2,1-2H3,(H2,24,26,27)(H,28,29,30). The summed E-state index contributed by atoms with van der Waals surface area (Å²) in [6.45, 7) is 4.68. The van der Waals surface area contributed by atoms with E-state index in [9.17, 15) is 0 Å².